The van der Waals surface area contributed by atoms with Crippen LogP contribution in [-0.2, 0) is 19.1 Å². The predicted octanol–water partition coefficient (Wildman–Crippen LogP) is 1.50. The van der Waals surface area contributed by atoms with Crippen molar-refractivity contribution in [2.24, 2.45) is 11.5 Å². The minimum Gasteiger partial charge on any atom is -0.462 e. The smallest absolute Gasteiger partial charge is 0.306 e. The molecule has 0 aliphatic carbocycles. The number of nitrogens with two attached hydrogens (primary N) is 2. The molecule has 124 valence electrons. The van der Waals surface area contributed by atoms with Gasteiger partial charge in [-0.15, -0.1) is 0 Å². The van der Waals surface area contributed by atoms with Gasteiger partial charge in [-0.25, -0.2) is 0 Å². The molecule has 0 amide bonds. The second kappa shape index (κ2) is 13.8. The SMILES string of the molecule is CC(COC(=O)CCCCCN)OC(=O)CCCCCN. The van der Waals surface area contributed by atoms with Crippen LogP contribution < -0.4 is 11.5 Å². The van der Waals surface area contributed by atoms with Gasteiger partial charge in [0, 0.05) is 12.8 Å². The Morgan fingerprint density at radius 2 is 1.38 bits per heavy atom. The largest absolute Gasteiger partial charge is 0.462 e. The minimum absolute atomic E-state index is 0.115. The zero-order valence-electron chi connectivity index (χ0n) is 13.1. The topological polar surface area (TPSA) is 105 Å². The van der Waals surface area contributed by atoms with Gasteiger partial charge in [-0.05, 0) is 45.7 Å². The first-order chi connectivity index (χ1) is 10.1. The fraction of sp³-hybridized carbons (Fsp3) is 0.867. The summed E-state index contributed by atoms with van der Waals surface area (Å²) in [5.74, 6) is -0.503. The van der Waals surface area contributed by atoms with Crippen molar-refractivity contribution in [2.45, 2.75) is 64.4 Å². The van der Waals surface area contributed by atoms with Crippen LogP contribution in [0.15, 0.2) is 0 Å². The van der Waals surface area contributed by atoms with Crippen molar-refractivity contribution >= 4 is 11.9 Å². The van der Waals surface area contributed by atoms with E-state index < -0.39 is 6.10 Å². The molecule has 0 heterocycles. The van der Waals surface area contributed by atoms with Crippen LogP contribution in [0.25, 0.3) is 0 Å². The fourth-order valence-electron chi connectivity index (χ4n) is 1.78. The van der Waals surface area contributed by atoms with E-state index in [9.17, 15) is 9.59 Å². The monoisotopic (exact) mass is 302 g/mol. The fourth-order valence-corrected chi connectivity index (χ4v) is 1.78. The molecule has 21 heavy (non-hydrogen) atoms. The summed E-state index contributed by atoms with van der Waals surface area (Å²) >= 11 is 0. The lowest BCUT2D eigenvalue weighted by molar-refractivity contribution is -0.158. The number of ether oxygens (including phenoxy) is 2. The highest BCUT2D eigenvalue weighted by molar-refractivity contribution is 5.70. The number of hydrogen-bond donors (Lipinski definition) is 2. The summed E-state index contributed by atoms with van der Waals surface area (Å²) in [6.07, 6.45) is 5.64. The van der Waals surface area contributed by atoms with Crippen LogP contribution >= 0.6 is 0 Å². The summed E-state index contributed by atoms with van der Waals surface area (Å²) in [6, 6.07) is 0. The maximum absolute atomic E-state index is 11.5. The number of unbranched alkanes of at least 4 members (excludes halogenated alkanes) is 4. The highest BCUT2D eigenvalue weighted by atomic mass is 16.6. The zero-order valence-corrected chi connectivity index (χ0v) is 13.1. The Labute approximate surface area is 127 Å². The van der Waals surface area contributed by atoms with E-state index >= 15 is 0 Å². The van der Waals surface area contributed by atoms with E-state index in [1.807, 2.05) is 0 Å². The average Bonchev–Trinajstić information content (AvgIpc) is 2.46. The summed E-state index contributed by atoms with van der Waals surface area (Å²) < 4.78 is 10.2. The van der Waals surface area contributed by atoms with Gasteiger partial charge in [0.2, 0.25) is 0 Å². The Morgan fingerprint density at radius 1 is 0.857 bits per heavy atom. The number of carbonyl (C=O) groups is 2. The van der Waals surface area contributed by atoms with Crippen LogP contribution in [0, 0.1) is 0 Å². The molecule has 0 radical (unpaired) electrons. The van der Waals surface area contributed by atoms with E-state index in [0.29, 0.717) is 25.9 Å². The molecule has 1 atom stereocenters. The lowest BCUT2D eigenvalue weighted by Crippen LogP contribution is -2.22. The molecule has 0 aliphatic rings. The maximum atomic E-state index is 11.5. The molecule has 6 nitrogen and oxygen atoms in total. The number of rotatable bonds is 13. The lowest BCUT2D eigenvalue weighted by Gasteiger charge is -2.13. The van der Waals surface area contributed by atoms with Gasteiger partial charge in [0.05, 0.1) is 0 Å². The number of carbonyl (C=O) groups excluding carboxylic acids is 2. The quantitative estimate of drug-likeness (QED) is 0.394. The van der Waals surface area contributed by atoms with E-state index in [2.05, 4.69) is 0 Å². The van der Waals surface area contributed by atoms with Crippen LogP contribution in [0.4, 0.5) is 0 Å². The first kappa shape index (κ1) is 19.9. The second-order valence-corrected chi connectivity index (χ2v) is 5.18. The summed E-state index contributed by atoms with van der Waals surface area (Å²) in [5.41, 5.74) is 10.7. The van der Waals surface area contributed by atoms with Gasteiger partial charge in [-0.3, -0.25) is 9.59 Å². The average molecular weight is 302 g/mol. The molecule has 0 saturated heterocycles. The Morgan fingerprint density at radius 3 is 1.90 bits per heavy atom. The third-order valence-electron chi connectivity index (χ3n) is 2.98. The molecule has 0 rings (SSSR count). The molecule has 0 aromatic carbocycles. The molecule has 0 aromatic heterocycles. The Kier molecular flexibility index (Phi) is 13.1. The zero-order chi connectivity index (χ0) is 15.9. The van der Waals surface area contributed by atoms with Crippen LogP contribution in [0.5, 0.6) is 0 Å². The highest BCUT2D eigenvalue weighted by Gasteiger charge is 2.11. The van der Waals surface area contributed by atoms with Crippen molar-refractivity contribution in [3.05, 3.63) is 0 Å². The molecule has 0 bridgehead atoms. The summed E-state index contributed by atoms with van der Waals surface area (Å²) in [4.78, 5) is 22.9. The molecule has 0 saturated carbocycles. The van der Waals surface area contributed by atoms with E-state index in [4.69, 9.17) is 20.9 Å². The van der Waals surface area contributed by atoms with Crippen molar-refractivity contribution in [1.29, 1.82) is 0 Å². The van der Waals surface area contributed by atoms with Crippen molar-refractivity contribution in [1.82, 2.24) is 0 Å². The van der Waals surface area contributed by atoms with E-state index in [0.717, 1.165) is 38.5 Å². The third-order valence-corrected chi connectivity index (χ3v) is 2.98. The molecular weight excluding hydrogens is 272 g/mol. The van der Waals surface area contributed by atoms with Crippen molar-refractivity contribution in [3.8, 4) is 0 Å². The standard InChI is InChI=1S/C15H30N2O4/c1-13(21-15(19)9-5-3-7-11-17)12-20-14(18)8-4-2-6-10-16/h13H,2-12,16-17H2,1H3. The summed E-state index contributed by atoms with van der Waals surface area (Å²) in [7, 11) is 0. The number of esters is 2. The summed E-state index contributed by atoms with van der Waals surface area (Å²) in [5, 5.41) is 0. The van der Waals surface area contributed by atoms with Gasteiger partial charge in [0.25, 0.3) is 0 Å². The molecule has 1 unspecified atom stereocenters. The van der Waals surface area contributed by atoms with Crippen LogP contribution in [0.2, 0.25) is 0 Å². The Hall–Kier alpha value is -1.14. The molecule has 4 N–H and O–H groups in total. The van der Waals surface area contributed by atoms with Gasteiger partial charge < -0.3 is 20.9 Å². The van der Waals surface area contributed by atoms with Crippen LogP contribution in [0.3, 0.4) is 0 Å². The second-order valence-electron chi connectivity index (χ2n) is 5.18. The summed E-state index contributed by atoms with van der Waals surface area (Å²) in [6.45, 7) is 3.13. The molecule has 0 fully saturated rings. The predicted molar refractivity (Wildman–Crippen MR) is 81.6 cm³/mol. The van der Waals surface area contributed by atoms with Gasteiger partial charge in [0.15, 0.2) is 0 Å². The molecule has 0 aromatic rings. The van der Waals surface area contributed by atoms with Gasteiger partial charge >= 0.3 is 11.9 Å². The lowest BCUT2D eigenvalue weighted by atomic mass is 10.2. The van der Waals surface area contributed by atoms with Crippen LogP contribution in [0.1, 0.15) is 58.3 Å². The van der Waals surface area contributed by atoms with Gasteiger partial charge in [-0.1, -0.05) is 12.8 Å². The van der Waals surface area contributed by atoms with Crippen LogP contribution in [-0.4, -0.2) is 37.7 Å². The maximum Gasteiger partial charge on any atom is 0.306 e. The Balaban J connectivity index is 3.57. The normalized spacial score (nSPS) is 12.0. The molecule has 0 spiro atoms. The number of hydrogen-bond acceptors (Lipinski definition) is 6. The van der Waals surface area contributed by atoms with E-state index in [1.165, 1.54) is 0 Å². The minimum atomic E-state index is -0.403. The molecule has 6 heteroatoms. The Bertz CT molecular complexity index is 285. The van der Waals surface area contributed by atoms with Crippen molar-refractivity contribution in [3.63, 3.8) is 0 Å². The molecule has 0 aliphatic heterocycles. The van der Waals surface area contributed by atoms with E-state index in [1.54, 1.807) is 6.92 Å². The highest BCUT2D eigenvalue weighted by Crippen LogP contribution is 2.04. The first-order valence-corrected chi connectivity index (χ1v) is 7.85. The first-order valence-electron chi connectivity index (χ1n) is 7.85. The van der Waals surface area contributed by atoms with Crippen molar-refractivity contribution in [2.75, 3.05) is 19.7 Å². The third kappa shape index (κ3) is 13.6. The van der Waals surface area contributed by atoms with Gasteiger partial charge in [-0.2, -0.15) is 0 Å². The van der Waals surface area contributed by atoms with E-state index in [-0.39, 0.29) is 18.5 Å². The van der Waals surface area contributed by atoms with Crippen molar-refractivity contribution < 1.29 is 19.1 Å². The van der Waals surface area contributed by atoms with Gasteiger partial charge in [0.1, 0.15) is 12.7 Å². The molecular formula is C15H30N2O4.